The molecule has 0 radical (unpaired) electrons. The van der Waals surface area contributed by atoms with Crippen LogP contribution in [0.3, 0.4) is 0 Å². The number of hydrogen-bond donors (Lipinski definition) is 0. The summed E-state index contributed by atoms with van der Waals surface area (Å²) in [6.07, 6.45) is 63.6. The molecular formula is C60H114O6. The van der Waals surface area contributed by atoms with Crippen LogP contribution in [0, 0.1) is 0 Å². The van der Waals surface area contributed by atoms with E-state index in [2.05, 4.69) is 32.9 Å². The molecule has 1 atom stereocenters. The van der Waals surface area contributed by atoms with Gasteiger partial charge in [-0.25, -0.2) is 0 Å². The van der Waals surface area contributed by atoms with Gasteiger partial charge in [-0.05, 0) is 38.5 Å². The van der Waals surface area contributed by atoms with Crippen molar-refractivity contribution in [1.82, 2.24) is 0 Å². The van der Waals surface area contributed by atoms with Crippen LogP contribution >= 0.6 is 0 Å². The molecule has 0 saturated carbocycles. The Morgan fingerprint density at radius 3 is 0.818 bits per heavy atom. The van der Waals surface area contributed by atoms with Crippen LogP contribution in [0.25, 0.3) is 0 Å². The minimum Gasteiger partial charge on any atom is -0.462 e. The molecule has 0 spiro atoms. The first-order chi connectivity index (χ1) is 32.5. The number of ether oxygens (including phenoxy) is 3. The molecule has 0 amide bonds. The zero-order valence-electron chi connectivity index (χ0n) is 44.7. The van der Waals surface area contributed by atoms with E-state index in [1.165, 1.54) is 225 Å². The third kappa shape index (κ3) is 53.1. The van der Waals surface area contributed by atoms with Crippen LogP contribution in [0.2, 0.25) is 0 Å². The molecule has 6 nitrogen and oxygen atoms in total. The van der Waals surface area contributed by atoms with Gasteiger partial charge in [0.25, 0.3) is 0 Å². The molecule has 0 aromatic carbocycles. The van der Waals surface area contributed by atoms with Gasteiger partial charge in [0.2, 0.25) is 0 Å². The van der Waals surface area contributed by atoms with E-state index in [4.69, 9.17) is 14.2 Å². The number of hydrogen-bond acceptors (Lipinski definition) is 6. The van der Waals surface area contributed by atoms with Crippen LogP contribution in [0.15, 0.2) is 12.2 Å². The molecule has 0 aliphatic rings. The topological polar surface area (TPSA) is 78.9 Å². The number of carbonyl (C=O) groups is 3. The van der Waals surface area contributed by atoms with Crippen LogP contribution < -0.4 is 0 Å². The van der Waals surface area contributed by atoms with E-state index in [0.29, 0.717) is 19.3 Å². The number of carbonyl (C=O) groups excluding carboxylic acids is 3. The lowest BCUT2D eigenvalue weighted by Crippen LogP contribution is -2.30. The van der Waals surface area contributed by atoms with Crippen LogP contribution in [-0.2, 0) is 28.6 Å². The molecule has 0 N–H and O–H groups in total. The maximum absolute atomic E-state index is 12.8. The van der Waals surface area contributed by atoms with E-state index in [1.54, 1.807) is 0 Å². The monoisotopic (exact) mass is 931 g/mol. The molecule has 0 rings (SSSR count). The molecule has 0 aromatic heterocycles. The molecule has 6 heteroatoms. The molecule has 0 fully saturated rings. The van der Waals surface area contributed by atoms with Gasteiger partial charge in [0.15, 0.2) is 6.10 Å². The Labute approximate surface area is 411 Å². The van der Waals surface area contributed by atoms with Crippen molar-refractivity contribution >= 4 is 17.9 Å². The summed E-state index contributed by atoms with van der Waals surface area (Å²) in [5, 5.41) is 0. The summed E-state index contributed by atoms with van der Waals surface area (Å²) in [5.41, 5.74) is 0. The highest BCUT2D eigenvalue weighted by molar-refractivity contribution is 5.71. The van der Waals surface area contributed by atoms with Crippen molar-refractivity contribution in [2.75, 3.05) is 13.2 Å². The number of rotatable bonds is 55. The second-order valence-corrected chi connectivity index (χ2v) is 20.3. The van der Waals surface area contributed by atoms with Gasteiger partial charge in [-0.1, -0.05) is 290 Å². The SMILES string of the molecule is CCC/C=C\CCCCCCCC(=O)OCC(COC(=O)CCCCCCCCCCCCCCCCCCCCCCC)OC(=O)CCCCCCCCCCCCCCCCCCC. The van der Waals surface area contributed by atoms with E-state index in [-0.39, 0.29) is 31.1 Å². The summed E-state index contributed by atoms with van der Waals surface area (Å²) in [6, 6.07) is 0. The zero-order valence-corrected chi connectivity index (χ0v) is 44.7. The second-order valence-electron chi connectivity index (χ2n) is 20.3. The predicted octanol–water partition coefficient (Wildman–Crippen LogP) is 19.7. The van der Waals surface area contributed by atoms with Gasteiger partial charge >= 0.3 is 17.9 Å². The number of unbranched alkanes of at least 4 members (excludes halogenated alkanes) is 42. The Bertz CT molecular complexity index is 1020. The molecule has 66 heavy (non-hydrogen) atoms. The third-order valence-corrected chi connectivity index (χ3v) is 13.5. The fraction of sp³-hybridized carbons (Fsp3) is 0.917. The first kappa shape index (κ1) is 64.2. The Morgan fingerprint density at radius 1 is 0.288 bits per heavy atom. The van der Waals surface area contributed by atoms with E-state index < -0.39 is 6.10 Å². The van der Waals surface area contributed by atoms with Crippen molar-refractivity contribution in [2.45, 2.75) is 341 Å². The molecule has 0 aliphatic carbocycles. The summed E-state index contributed by atoms with van der Waals surface area (Å²) < 4.78 is 16.9. The first-order valence-electron chi connectivity index (χ1n) is 29.7. The summed E-state index contributed by atoms with van der Waals surface area (Å²) in [6.45, 7) is 6.64. The fourth-order valence-electron chi connectivity index (χ4n) is 9.04. The standard InChI is InChI=1S/C60H114O6/c1-4-7-10-13-16-19-22-24-26-28-29-30-31-33-34-36-38-41-44-47-50-53-59(62)65-56-57(55-64-58(61)52-49-46-43-40-21-18-15-12-9-6-3)66-60(63)54-51-48-45-42-39-37-35-32-27-25-23-20-17-14-11-8-5-2/h12,15,57H,4-11,13-14,16-56H2,1-3H3/b15-12-. The molecular weight excluding hydrogens is 817 g/mol. The van der Waals surface area contributed by atoms with Crippen molar-refractivity contribution < 1.29 is 28.6 Å². The van der Waals surface area contributed by atoms with Crippen LogP contribution in [0.5, 0.6) is 0 Å². The average Bonchev–Trinajstić information content (AvgIpc) is 3.31. The van der Waals surface area contributed by atoms with Gasteiger partial charge < -0.3 is 14.2 Å². The lowest BCUT2D eigenvalue weighted by molar-refractivity contribution is -0.167. The molecule has 1 unspecified atom stereocenters. The molecule has 390 valence electrons. The van der Waals surface area contributed by atoms with Gasteiger partial charge in [0, 0.05) is 19.3 Å². The Kier molecular flexibility index (Phi) is 54.2. The van der Waals surface area contributed by atoms with Crippen LogP contribution in [-0.4, -0.2) is 37.2 Å². The first-order valence-corrected chi connectivity index (χ1v) is 29.7. The fourth-order valence-corrected chi connectivity index (χ4v) is 9.04. The second kappa shape index (κ2) is 55.7. The van der Waals surface area contributed by atoms with Crippen LogP contribution in [0.1, 0.15) is 335 Å². The molecule has 0 saturated heterocycles. The van der Waals surface area contributed by atoms with Crippen LogP contribution in [0.4, 0.5) is 0 Å². The lowest BCUT2D eigenvalue weighted by atomic mass is 10.0. The minimum absolute atomic E-state index is 0.0666. The normalized spacial score (nSPS) is 12.0. The summed E-state index contributed by atoms with van der Waals surface area (Å²) in [7, 11) is 0. The number of allylic oxidation sites excluding steroid dienone is 2. The van der Waals surface area contributed by atoms with Gasteiger partial charge in [-0.3, -0.25) is 14.4 Å². The number of esters is 3. The van der Waals surface area contributed by atoms with Crippen molar-refractivity contribution in [1.29, 1.82) is 0 Å². The summed E-state index contributed by atoms with van der Waals surface area (Å²) in [4.78, 5) is 38.1. The molecule has 0 bridgehead atoms. The summed E-state index contributed by atoms with van der Waals surface area (Å²) in [5.74, 6) is -0.853. The predicted molar refractivity (Wildman–Crippen MR) is 284 cm³/mol. The quantitative estimate of drug-likeness (QED) is 0.0262. The van der Waals surface area contributed by atoms with E-state index >= 15 is 0 Å². The average molecular weight is 932 g/mol. The maximum atomic E-state index is 12.8. The van der Waals surface area contributed by atoms with Gasteiger partial charge in [0.05, 0.1) is 0 Å². The van der Waals surface area contributed by atoms with Gasteiger partial charge in [0.1, 0.15) is 13.2 Å². The highest BCUT2D eigenvalue weighted by atomic mass is 16.6. The van der Waals surface area contributed by atoms with Gasteiger partial charge in [-0.15, -0.1) is 0 Å². The Balaban J connectivity index is 4.20. The zero-order chi connectivity index (χ0) is 47.9. The Hall–Kier alpha value is -1.85. The van der Waals surface area contributed by atoms with E-state index in [0.717, 1.165) is 70.6 Å². The smallest absolute Gasteiger partial charge is 0.306 e. The van der Waals surface area contributed by atoms with Crippen molar-refractivity contribution in [3.05, 3.63) is 12.2 Å². The highest BCUT2D eigenvalue weighted by Crippen LogP contribution is 2.18. The van der Waals surface area contributed by atoms with E-state index in [1.807, 2.05) is 0 Å². The largest absolute Gasteiger partial charge is 0.462 e. The molecule has 0 heterocycles. The highest BCUT2D eigenvalue weighted by Gasteiger charge is 2.19. The van der Waals surface area contributed by atoms with Crippen molar-refractivity contribution in [2.24, 2.45) is 0 Å². The Morgan fingerprint density at radius 2 is 0.530 bits per heavy atom. The van der Waals surface area contributed by atoms with E-state index in [9.17, 15) is 14.4 Å². The van der Waals surface area contributed by atoms with Crippen molar-refractivity contribution in [3.63, 3.8) is 0 Å². The lowest BCUT2D eigenvalue weighted by Gasteiger charge is -2.18. The molecule has 0 aliphatic heterocycles. The van der Waals surface area contributed by atoms with Gasteiger partial charge in [-0.2, -0.15) is 0 Å². The molecule has 0 aromatic rings. The summed E-state index contributed by atoms with van der Waals surface area (Å²) >= 11 is 0. The minimum atomic E-state index is -0.767. The van der Waals surface area contributed by atoms with Crippen molar-refractivity contribution in [3.8, 4) is 0 Å². The third-order valence-electron chi connectivity index (χ3n) is 13.5. The maximum Gasteiger partial charge on any atom is 0.306 e.